The summed E-state index contributed by atoms with van der Waals surface area (Å²) in [6, 6.07) is 18.4. The number of esters is 1. The number of nitrogens with zero attached hydrogens (tertiary/aromatic N) is 2. The van der Waals surface area contributed by atoms with Gasteiger partial charge in [0, 0.05) is 36.6 Å². The van der Waals surface area contributed by atoms with Crippen molar-refractivity contribution in [2.75, 3.05) is 33.9 Å². The van der Waals surface area contributed by atoms with Crippen LogP contribution in [0, 0.1) is 22.9 Å². The first-order chi connectivity index (χ1) is 25.0. The molecule has 0 aliphatic carbocycles. The van der Waals surface area contributed by atoms with Gasteiger partial charge in [0.15, 0.2) is 23.9 Å². The number of pyridine rings is 1. The molecule has 3 saturated heterocycles. The van der Waals surface area contributed by atoms with Crippen LogP contribution in [0.5, 0.6) is 11.5 Å². The number of nitrogens with one attached hydrogen (secondary N) is 1. The van der Waals surface area contributed by atoms with E-state index >= 15 is 4.39 Å². The molecule has 3 aliphatic rings. The van der Waals surface area contributed by atoms with Crippen molar-refractivity contribution >= 4 is 35.1 Å². The Bertz CT molecular complexity index is 1900. The molecular formula is C39H40Cl2FN3O7. The molecule has 1 unspecified atom stereocenters. The largest absolute Gasteiger partial charge is 0.619 e. The molecule has 3 fully saturated rings. The van der Waals surface area contributed by atoms with Crippen LogP contribution in [0.25, 0.3) is 0 Å². The van der Waals surface area contributed by atoms with E-state index in [9.17, 15) is 19.9 Å². The third-order valence-electron chi connectivity index (χ3n) is 10.3. The van der Waals surface area contributed by atoms with Crippen molar-refractivity contribution in [2.24, 2.45) is 11.8 Å². The van der Waals surface area contributed by atoms with Gasteiger partial charge in [0.05, 0.1) is 20.6 Å². The maximum atomic E-state index is 15.4. The predicted molar refractivity (Wildman–Crippen MR) is 193 cm³/mol. The Labute approximate surface area is 311 Å². The van der Waals surface area contributed by atoms with Crippen molar-refractivity contribution in [3.8, 4) is 11.5 Å². The molecule has 52 heavy (non-hydrogen) atoms. The first-order valence-electron chi connectivity index (χ1n) is 17.0. The zero-order chi connectivity index (χ0) is 37.0. The lowest BCUT2D eigenvalue weighted by Gasteiger charge is -2.51. The Morgan fingerprint density at radius 3 is 2.25 bits per heavy atom. The van der Waals surface area contributed by atoms with Crippen LogP contribution in [-0.4, -0.2) is 55.8 Å². The highest BCUT2D eigenvalue weighted by atomic mass is 35.5. The van der Waals surface area contributed by atoms with E-state index < -0.39 is 29.4 Å². The second-order valence-corrected chi connectivity index (χ2v) is 14.1. The summed E-state index contributed by atoms with van der Waals surface area (Å²) in [5.41, 5.74) is 0.973. The Balaban J connectivity index is 1.19. The molecular weight excluding hydrogens is 712 g/mol. The van der Waals surface area contributed by atoms with Crippen molar-refractivity contribution in [2.45, 2.75) is 43.9 Å². The number of aliphatic carboxylic acids is 1. The number of benzene rings is 3. The van der Waals surface area contributed by atoms with Crippen molar-refractivity contribution in [1.82, 2.24) is 10.2 Å². The van der Waals surface area contributed by atoms with Gasteiger partial charge >= 0.3 is 11.9 Å². The van der Waals surface area contributed by atoms with Crippen LogP contribution in [0.3, 0.4) is 0 Å². The minimum atomic E-state index is -1.63. The number of hydrogen-bond donors (Lipinski definition) is 2. The van der Waals surface area contributed by atoms with Gasteiger partial charge in [0.25, 0.3) is 0 Å². The number of aromatic nitrogens is 1. The van der Waals surface area contributed by atoms with Gasteiger partial charge in [-0.1, -0.05) is 71.7 Å². The highest BCUT2D eigenvalue weighted by Crippen LogP contribution is 2.45. The molecule has 0 radical (unpaired) electrons. The van der Waals surface area contributed by atoms with Crippen LogP contribution in [-0.2, 0) is 39.3 Å². The molecule has 10 nitrogen and oxygen atoms in total. The molecule has 3 aliphatic heterocycles. The van der Waals surface area contributed by atoms with E-state index in [1.54, 1.807) is 48.5 Å². The number of rotatable bonds is 14. The zero-order valence-electron chi connectivity index (χ0n) is 28.8. The lowest BCUT2D eigenvalue weighted by atomic mass is 9.65. The smallest absolute Gasteiger partial charge is 0.329 e. The van der Waals surface area contributed by atoms with Gasteiger partial charge in [0.2, 0.25) is 0 Å². The van der Waals surface area contributed by atoms with Gasteiger partial charge in [-0.15, -0.1) is 0 Å². The zero-order valence-corrected chi connectivity index (χ0v) is 30.3. The number of fused-ring (bicyclic) bond motifs is 3. The Hall–Kier alpha value is -4.42. The van der Waals surface area contributed by atoms with E-state index in [1.165, 1.54) is 32.7 Å². The van der Waals surface area contributed by atoms with Gasteiger partial charge in [-0.05, 0) is 66.7 Å². The molecule has 3 aromatic carbocycles. The standard InChI is InChI=1S/C39H40Cl2FN3O7/c1-50-34-12-11-27(18-36(34)51-2)35(19-28-31(40)22-45(49)23-32(28)41)52-37(46)17-24-7-9-25(10-8-24)20-43-39(38(47)48,29-5-3-4-6-33(29)42)30-21-44-15-13-26(30)14-16-44/h3-12,18,22-23,26,30,35,43H,13-17,19-21H2,1-2H3,(H,47,48)/t30-,35-,39?/m0/s1. The van der Waals surface area contributed by atoms with Crippen LogP contribution in [0.4, 0.5) is 4.39 Å². The van der Waals surface area contributed by atoms with Crippen molar-refractivity contribution < 1.29 is 38.0 Å². The topological polar surface area (TPSA) is 124 Å². The van der Waals surface area contributed by atoms with Crippen LogP contribution < -0.4 is 19.5 Å². The van der Waals surface area contributed by atoms with Crippen molar-refractivity contribution in [1.29, 1.82) is 0 Å². The Kier molecular flexibility index (Phi) is 11.5. The van der Waals surface area contributed by atoms with Crippen LogP contribution >= 0.6 is 23.2 Å². The average molecular weight is 753 g/mol. The fourth-order valence-electron chi connectivity index (χ4n) is 7.59. The molecule has 0 saturated carbocycles. The number of carboxylic acid groups (broad SMARTS) is 1. The van der Waals surface area contributed by atoms with E-state index in [0.29, 0.717) is 39.5 Å². The molecule has 4 heterocycles. The van der Waals surface area contributed by atoms with Crippen molar-refractivity contribution in [3.63, 3.8) is 0 Å². The number of methoxy groups -OCH3 is 2. The molecule has 3 atom stereocenters. The second-order valence-electron chi connectivity index (χ2n) is 13.3. The minimum absolute atomic E-state index is 0.0673. The molecule has 274 valence electrons. The number of carboxylic acids is 1. The first-order valence-corrected chi connectivity index (χ1v) is 17.8. The summed E-state index contributed by atoms with van der Waals surface area (Å²) in [4.78, 5) is 28.9. The molecule has 1 aromatic heterocycles. The number of halogens is 3. The molecule has 2 N–H and O–H groups in total. The second kappa shape index (κ2) is 16.1. The van der Waals surface area contributed by atoms with E-state index in [0.717, 1.165) is 31.5 Å². The van der Waals surface area contributed by atoms with Crippen molar-refractivity contribution in [3.05, 3.63) is 128 Å². The van der Waals surface area contributed by atoms with E-state index in [-0.39, 0.29) is 46.8 Å². The van der Waals surface area contributed by atoms with Gasteiger partial charge in [-0.3, -0.25) is 10.1 Å². The summed E-state index contributed by atoms with van der Waals surface area (Å²) in [5, 5.41) is 26.2. The number of hydrogen-bond acceptors (Lipinski definition) is 8. The summed E-state index contributed by atoms with van der Waals surface area (Å²) in [7, 11) is 3.02. The summed E-state index contributed by atoms with van der Waals surface area (Å²) < 4.78 is 32.7. The number of piperidine rings is 3. The lowest BCUT2D eigenvalue weighted by molar-refractivity contribution is -0.605. The minimum Gasteiger partial charge on any atom is -0.619 e. The Morgan fingerprint density at radius 2 is 1.65 bits per heavy atom. The highest BCUT2D eigenvalue weighted by Gasteiger charge is 2.54. The number of ether oxygens (including phenoxy) is 3. The molecule has 0 spiro atoms. The van der Waals surface area contributed by atoms with E-state index in [4.69, 9.17) is 37.4 Å². The molecule has 13 heteroatoms. The maximum absolute atomic E-state index is 15.4. The highest BCUT2D eigenvalue weighted by molar-refractivity contribution is 6.35. The summed E-state index contributed by atoms with van der Waals surface area (Å²) in [5.74, 6) is -1.43. The summed E-state index contributed by atoms with van der Waals surface area (Å²) in [6.45, 7) is 2.58. The average Bonchev–Trinajstić information content (AvgIpc) is 3.14. The molecule has 0 amide bonds. The van der Waals surface area contributed by atoms with Gasteiger partial charge in [0.1, 0.15) is 27.5 Å². The SMILES string of the molecule is COc1ccc([C@H](Cc2c(Cl)c[n+]([O-])cc2Cl)OC(=O)Cc2ccc(CNC(C(=O)O)(c3ccccc3F)[C@H]3CN4CCC3CC4)cc2)cc1OC. The van der Waals surface area contributed by atoms with E-state index in [1.807, 2.05) is 12.1 Å². The molecule has 2 bridgehead atoms. The third-order valence-corrected chi connectivity index (χ3v) is 10.9. The van der Waals surface area contributed by atoms with E-state index in [2.05, 4.69) is 10.2 Å². The normalized spacial score (nSPS) is 19.8. The Morgan fingerprint density at radius 1 is 1.00 bits per heavy atom. The lowest BCUT2D eigenvalue weighted by Crippen LogP contribution is -2.63. The monoisotopic (exact) mass is 751 g/mol. The quantitative estimate of drug-likeness (QED) is 0.0873. The van der Waals surface area contributed by atoms with Gasteiger partial charge in [-0.2, -0.15) is 4.73 Å². The molecule has 4 aromatic rings. The van der Waals surface area contributed by atoms with Crippen LogP contribution in [0.2, 0.25) is 10.0 Å². The fourth-order valence-corrected chi connectivity index (χ4v) is 8.19. The molecule has 7 rings (SSSR count). The van der Waals surface area contributed by atoms with Crippen LogP contribution in [0.15, 0.2) is 79.1 Å². The summed E-state index contributed by atoms with van der Waals surface area (Å²) >= 11 is 12.8. The number of carbonyl (C=O) groups excluding carboxylic acids is 1. The number of carbonyl (C=O) groups is 2. The van der Waals surface area contributed by atoms with Gasteiger partial charge in [-0.25, -0.2) is 9.18 Å². The first kappa shape index (κ1) is 37.3. The maximum Gasteiger partial charge on any atom is 0.329 e. The third kappa shape index (κ3) is 7.83. The fraction of sp³-hybridized carbons (Fsp3) is 0.359. The van der Waals surface area contributed by atoms with Crippen LogP contribution in [0.1, 0.15) is 46.8 Å². The summed E-state index contributed by atoms with van der Waals surface area (Å²) in [6.07, 6.45) is 3.28. The predicted octanol–water partition coefficient (Wildman–Crippen LogP) is 6.26. The van der Waals surface area contributed by atoms with Gasteiger partial charge < -0.3 is 29.4 Å².